The van der Waals surface area contributed by atoms with E-state index in [2.05, 4.69) is 21.2 Å². The van der Waals surface area contributed by atoms with E-state index in [1.54, 1.807) is 18.2 Å². The highest BCUT2D eigenvalue weighted by atomic mass is 79.9. The van der Waals surface area contributed by atoms with Crippen LogP contribution in [-0.2, 0) is 4.79 Å². The third kappa shape index (κ3) is 3.03. The maximum Gasteiger partial charge on any atom is 0.308 e. The van der Waals surface area contributed by atoms with E-state index in [1.807, 2.05) is 13.0 Å². The second kappa shape index (κ2) is 5.95. The zero-order valence-electron chi connectivity index (χ0n) is 11.4. The molecule has 20 heavy (non-hydrogen) atoms. The Morgan fingerprint density at radius 1 is 1.35 bits per heavy atom. The van der Waals surface area contributed by atoms with Crippen molar-refractivity contribution in [3.8, 4) is 0 Å². The number of aliphatic carboxylic acids is 1. The summed E-state index contributed by atoms with van der Waals surface area (Å²) in [5, 5.41) is 12.3. The maximum absolute atomic E-state index is 12.4. The molecule has 108 valence electrons. The van der Waals surface area contributed by atoms with Gasteiger partial charge < -0.3 is 10.4 Å². The number of carboxylic acid groups (broad SMARTS) is 1. The van der Waals surface area contributed by atoms with Crippen LogP contribution < -0.4 is 5.32 Å². The summed E-state index contributed by atoms with van der Waals surface area (Å²) in [6.45, 7) is 1.83. The highest BCUT2D eigenvalue weighted by Crippen LogP contribution is 2.34. The molecule has 0 aromatic heterocycles. The first kappa shape index (κ1) is 15.0. The van der Waals surface area contributed by atoms with Crippen LogP contribution in [0.5, 0.6) is 0 Å². The van der Waals surface area contributed by atoms with Gasteiger partial charge in [0.15, 0.2) is 0 Å². The summed E-state index contributed by atoms with van der Waals surface area (Å²) in [7, 11) is 0. The number of amides is 1. The molecule has 4 nitrogen and oxygen atoms in total. The number of nitrogens with one attached hydrogen (secondary N) is 1. The first-order valence-electron chi connectivity index (χ1n) is 6.74. The highest BCUT2D eigenvalue weighted by Gasteiger charge is 2.42. The number of carbonyl (C=O) groups excluding carboxylic acids is 1. The molecule has 1 saturated carbocycles. The summed E-state index contributed by atoms with van der Waals surface area (Å²) in [5.41, 5.74) is -0.153. The monoisotopic (exact) mass is 339 g/mol. The van der Waals surface area contributed by atoms with Crippen molar-refractivity contribution in [2.75, 3.05) is 0 Å². The van der Waals surface area contributed by atoms with Gasteiger partial charge in [-0.1, -0.05) is 25.0 Å². The molecule has 1 aromatic carbocycles. The molecule has 2 atom stereocenters. The van der Waals surface area contributed by atoms with E-state index in [9.17, 15) is 14.7 Å². The van der Waals surface area contributed by atoms with E-state index in [-0.39, 0.29) is 5.91 Å². The van der Waals surface area contributed by atoms with E-state index < -0.39 is 17.4 Å². The first-order valence-corrected chi connectivity index (χ1v) is 7.53. The van der Waals surface area contributed by atoms with Gasteiger partial charge in [-0.3, -0.25) is 9.59 Å². The summed E-state index contributed by atoms with van der Waals surface area (Å²) in [6.07, 6.45) is 3.15. The molecule has 5 heteroatoms. The zero-order valence-corrected chi connectivity index (χ0v) is 12.9. The van der Waals surface area contributed by atoms with Crippen molar-refractivity contribution in [2.45, 2.75) is 38.1 Å². The lowest BCUT2D eigenvalue weighted by atomic mass is 9.73. The Kier molecular flexibility index (Phi) is 4.48. The van der Waals surface area contributed by atoms with Crippen molar-refractivity contribution in [1.82, 2.24) is 5.32 Å². The fourth-order valence-corrected chi connectivity index (χ4v) is 3.32. The van der Waals surface area contributed by atoms with Gasteiger partial charge in [-0.15, -0.1) is 0 Å². The number of carbonyl (C=O) groups is 2. The van der Waals surface area contributed by atoms with E-state index in [0.29, 0.717) is 22.9 Å². The molecule has 2 unspecified atom stereocenters. The molecule has 1 amide bonds. The second-order valence-corrected chi connectivity index (χ2v) is 6.34. The number of halogens is 1. The molecule has 1 aromatic rings. The lowest BCUT2D eigenvalue weighted by molar-refractivity contribution is -0.145. The smallest absolute Gasteiger partial charge is 0.308 e. The van der Waals surface area contributed by atoms with Crippen molar-refractivity contribution >= 4 is 27.8 Å². The maximum atomic E-state index is 12.4. The van der Waals surface area contributed by atoms with E-state index >= 15 is 0 Å². The van der Waals surface area contributed by atoms with Gasteiger partial charge in [-0.25, -0.2) is 0 Å². The molecule has 0 bridgehead atoms. The molecule has 2 rings (SSSR count). The summed E-state index contributed by atoms with van der Waals surface area (Å²) >= 11 is 3.35. The van der Waals surface area contributed by atoms with Crippen molar-refractivity contribution in [3.05, 3.63) is 34.3 Å². The van der Waals surface area contributed by atoms with Gasteiger partial charge in [0.2, 0.25) is 0 Å². The predicted octanol–water partition coefficient (Wildman–Crippen LogP) is 3.21. The molecule has 2 N–H and O–H groups in total. The third-order valence-corrected chi connectivity index (χ3v) is 4.72. The SMILES string of the molecule is CC1(NC(=O)c2ccccc2Br)CCCCC1C(=O)O. The fraction of sp³-hybridized carbons (Fsp3) is 0.467. The minimum absolute atomic E-state index is 0.229. The third-order valence-electron chi connectivity index (χ3n) is 4.02. The van der Waals surface area contributed by atoms with Crippen LogP contribution in [0.25, 0.3) is 0 Å². The van der Waals surface area contributed by atoms with E-state index in [0.717, 1.165) is 12.8 Å². The van der Waals surface area contributed by atoms with Crippen molar-refractivity contribution in [1.29, 1.82) is 0 Å². The van der Waals surface area contributed by atoms with Crippen LogP contribution in [0.4, 0.5) is 0 Å². The average Bonchev–Trinajstić information content (AvgIpc) is 2.38. The van der Waals surface area contributed by atoms with Gasteiger partial charge in [-0.05, 0) is 47.8 Å². The molecule has 0 spiro atoms. The molecular weight excluding hydrogens is 322 g/mol. The molecule has 0 radical (unpaired) electrons. The Labute approximate surface area is 126 Å². The first-order chi connectivity index (χ1) is 9.44. The number of benzene rings is 1. The largest absolute Gasteiger partial charge is 0.481 e. The van der Waals surface area contributed by atoms with E-state index in [1.165, 1.54) is 0 Å². The van der Waals surface area contributed by atoms with Gasteiger partial charge >= 0.3 is 5.97 Å². The number of hydrogen-bond donors (Lipinski definition) is 2. The lowest BCUT2D eigenvalue weighted by Gasteiger charge is -2.39. The van der Waals surface area contributed by atoms with Crippen LogP contribution in [0, 0.1) is 5.92 Å². The zero-order chi connectivity index (χ0) is 14.8. The van der Waals surface area contributed by atoms with Crippen molar-refractivity contribution in [3.63, 3.8) is 0 Å². The highest BCUT2D eigenvalue weighted by molar-refractivity contribution is 9.10. The van der Waals surface area contributed by atoms with Crippen LogP contribution in [0.3, 0.4) is 0 Å². The molecule has 1 aliphatic carbocycles. The Morgan fingerprint density at radius 2 is 2.05 bits per heavy atom. The lowest BCUT2D eigenvalue weighted by Crippen LogP contribution is -2.55. The molecule has 1 fully saturated rings. The van der Waals surface area contributed by atoms with Crippen molar-refractivity contribution < 1.29 is 14.7 Å². The number of hydrogen-bond acceptors (Lipinski definition) is 2. The number of carboxylic acids is 1. The minimum atomic E-state index is -0.834. The van der Waals surface area contributed by atoms with Crippen LogP contribution in [0.2, 0.25) is 0 Å². The topological polar surface area (TPSA) is 66.4 Å². The molecular formula is C15H18BrNO3. The minimum Gasteiger partial charge on any atom is -0.481 e. The predicted molar refractivity (Wildman–Crippen MR) is 79.6 cm³/mol. The fourth-order valence-electron chi connectivity index (χ4n) is 2.85. The Morgan fingerprint density at radius 3 is 2.70 bits per heavy atom. The molecule has 0 aliphatic heterocycles. The van der Waals surface area contributed by atoms with Gasteiger partial charge in [0, 0.05) is 4.47 Å². The molecule has 0 heterocycles. The summed E-state index contributed by atoms with van der Waals surface area (Å²) in [6, 6.07) is 7.15. The van der Waals surface area contributed by atoms with Gasteiger partial charge in [0.05, 0.1) is 17.0 Å². The van der Waals surface area contributed by atoms with Crippen LogP contribution in [0.1, 0.15) is 43.0 Å². The van der Waals surface area contributed by atoms with Crippen molar-refractivity contribution in [2.24, 2.45) is 5.92 Å². The Hall–Kier alpha value is -1.36. The summed E-state index contributed by atoms with van der Waals surface area (Å²) in [4.78, 5) is 23.8. The Bertz CT molecular complexity index is 532. The normalized spacial score (nSPS) is 26.0. The van der Waals surface area contributed by atoms with E-state index in [4.69, 9.17) is 0 Å². The molecule has 0 saturated heterocycles. The van der Waals surface area contributed by atoms with Crippen LogP contribution >= 0.6 is 15.9 Å². The van der Waals surface area contributed by atoms with Gasteiger partial charge in [0.25, 0.3) is 5.91 Å². The standard InChI is InChI=1S/C15H18BrNO3/c1-15(9-5-4-7-11(15)14(19)20)17-13(18)10-6-2-3-8-12(10)16/h2-3,6,8,11H,4-5,7,9H2,1H3,(H,17,18)(H,19,20). The Balaban J connectivity index is 2.20. The quantitative estimate of drug-likeness (QED) is 0.888. The van der Waals surface area contributed by atoms with Gasteiger partial charge in [0.1, 0.15) is 0 Å². The average molecular weight is 340 g/mol. The second-order valence-electron chi connectivity index (χ2n) is 5.49. The van der Waals surface area contributed by atoms with Crippen LogP contribution in [-0.4, -0.2) is 22.5 Å². The van der Waals surface area contributed by atoms with Gasteiger partial charge in [-0.2, -0.15) is 0 Å². The van der Waals surface area contributed by atoms with Crippen LogP contribution in [0.15, 0.2) is 28.7 Å². The summed E-state index contributed by atoms with van der Waals surface area (Å²) < 4.78 is 0.712. The summed E-state index contributed by atoms with van der Waals surface area (Å²) in [5.74, 6) is -1.59. The number of rotatable bonds is 3. The molecule has 1 aliphatic rings.